The second-order valence-corrected chi connectivity index (χ2v) is 7.07. The summed E-state index contributed by atoms with van der Waals surface area (Å²) < 4.78 is 49.6. The summed E-state index contributed by atoms with van der Waals surface area (Å²) in [4.78, 5) is 9.97. The Bertz CT molecular complexity index is 714. The summed E-state index contributed by atoms with van der Waals surface area (Å²) in [5.41, 5.74) is -6.36. The first-order valence-corrected chi connectivity index (χ1v) is 8.82. The Kier molecular flexibility index (Phi) is 6.80. The van der Waals surface area contributed by atoms with E-state index in [0.717, 1.165) is 19.1 Å². The predicted octanol–water partition coefficient (Wildman–Crippen LogP) is 3.66. The van der Waals surface area contributed by atoms with Gasteiger partial charge in [-0.05, 0) is 44.4 Å². The second-order valence-electron chi connectivity index (χ2n) is 5.00. The lowest BCUT2D eigenvalue weighted by atomic mass is 9.96. The van der Waals surface area contributed by atoms with Gasteiger partial charge in [-0.25, -0.2) is 0 Å². The number of nitrogens with zero attached hydrogens (tertiary/aromatic N) is 1. The lowest BCUT2D eigenvalue weighted by molar-refractivity contribution is -0.384. The number of rotatable bonds is 7. The van der Waals surface area contributed by atoms with Crippen molar-refractivity contribution in [2.75, 3.05) is 13.2 Å². The zero-order valence-corrected chi connectivity index (χ0v) is 14.8. The van der Waals surface area contributed by atoms with Crippen molar-refractivity contribution in [1.82, 2.24) is 0 Å². The monoisotopic (exact) mass is 377 g/mol. The Labute approximate surface area is 143 Å². The van der Waals surface area contributed by atoms with Crippen LogP contribution in [0.25, 0.3) is 0 Å². The van der Waals surface area contributed by atoms with Crippen molar-refractivity contribution >= 4 is 13.3 Å². The SMILES string of the molecule is CCOP(=O)(OCC)C(F)(F)C#C[C@@](C)(O)c1ccc([N+](=O)[O-])cc1. The molecule has 0 heterocycles. The van der Waals surface area contributed by atoms with E-state index in [1.54, 1.807) is 0 Å². The molecule has 10 heteroatoms. The molecule has 1 rings (SSSR count). The van der Waals surface area contributed by atoms with Crippen molar-refractivity contribution in [1.29, 1.82) is 0 Å². The maximum atomic E-state index is 14.2. The topological polar surface area (TPSA) is 98.9 Å². The minimum atomic E-state index is -4.83. The number of alkyl halides is 2. The number of non-ortho nitro benzene ring substituents is 1. The molecule has 0 aliphatic rings. The second kappa shape index (κ2) is 8.02. The highest BCUT2D eigenvalue weighted by atomic mass is 31.2. The lowest BCUT2D eigenvalue weighted by Gasteiger charge is -2.22. The van der Waals surface area contributed by atoms with Crippen LogP contribution in [0.5, 0.6) is 0 Å². The number of halogens is 2. The van der Waals surface area contributed by atoms with Crippen molar-refractivity contribution in [2.24, 2.45) is 0 Å². The van der Waals surface area contributed by atoms with Gasteiger partial charge in [-0.3, -0.25) is 14.7 Å². The van der Waals surface area contributed by atoms with E-state index >= 15 is 0 Å². The van der Waals surface area contributed by atoms with Gasteiger partial charge < -0.3 is 14.2 Å². The third-order valence-corrected chi connectivity index (χ3v) is 5.03. The van der Waals surface area contributed by atoms with Crippen molar-refractivity contribution in [2.45, 2.75) is 32.0 Å². The molecular weight excluding hydrogens is 359 g/mol. The quantitative estimate of drug-likeness (QED) is 0.337. The molecule has 1 aromatic carbocycles. The number of hydrogen-bond acceptors (Lipinski definition) is 6. The van der Waals surface area contributed by atoms with E-state index in [2.05, 4.69) is 9.05 Å². The normalized spacial score (nSPS) is 14.3. The van der Waals surface area contributed by atoms with E-state index in [9.17, 15) is 28.6 Å². The van der Waals surface area contributed by atoms with Crippen LogP contribution >= 0.6 is 7.60 Å². The molecule has 1 aromatic rings. The molecule has 0 amide bonds. The summed E-state index contributed by atoms with van der Waals surface area (Å²) in [6.07, 6.45) is 0. The molecule has 25 heavy (non-hydrogen) atoms. The van der Waals surface area contributed by atoms with E-state index in [1.165, 1.54) is 31.9 Å². The van der Waals surface area contributed by atoms with Crippen LogP contribution in [0.4, 0.5) is 14.5 Å². The standard InChI is InChI=1S/C15H18F2NO6P/c1-4-23-25(22,24-5-2)15(16,17)11-10-14(3,19)12-6-8-13(9-7-12)18(20)21/h6-9,19H,4-5H2,1-3H3/t14-/m1/s1. The summed E-state index contributed by atoms with van der Waals surface area (Å²) in [5.74, 6) is 3.41. The highest BCUT2D eigenvalue weighted by Gasteiger charge is 2.52. The molecule has 138 valence electrons. The van der Waals surface area contributed by atoms with Crippen LogP contribution in [0.15, 0.2) is 24.3 Å². The van der Waals surface area contributed by atoms with Crippen LogP contribution in [0.3, 0.4) is 0 Å². The fourth-order valence-electron chi connectivity index (χ4n) is 1.78. The lowest BCUT2D eigenvalue weighted by Crippen LogP contribution is -2.22. The van der Waals surface area contributed by atoms with Gasteiger partial charge in [-0.15, -0.1) is 0 Å². The smallest absolute Gasteiger partial charge is 0.374 e. The Balaban J connectivity index is 3.17. The van der Waals surface area contributed by atoms with Crippen LogP contribution in [-0.2, 0) is 19.2 Å². The number of hydrogen-bond donors (Lipinski definition) is 1. The van der Waals surface area contributed by atoms with Crippen LogP contribution in [0.2, 0.25) is 0 Å². The molecule has 0 bridgehead atoms. The zero-order valence-electron chi connectivity index (χ0n) is 13.9. The molecule has 0 unspecified atom stereocenters. The average Bonchev–Trinajstić information content (AvgIpc) is 2.53. The Hall–Kier alpha value is -1.85. The van der Waals surface area contributed by atoms with E-state index in [0.29, 0.717) is 0 Å². The van der Waals surface area contributed by atoms with Gasteiger partial charge in [0.15, 0.2) is 0 Å². The van der Waals surface area contributed by atoms with Gasteiger partial charge in [0.2, 0.25) is 0 Å². The molecule has 0 aliphatic carbocycles. The molecule has 1 atom stereocenters. The minimum Gasteiger partial charge on any atom is -0.374 e. The maximum absolute atomic E-state index is 14.2. The van der Waals surface area contributed by atoms with Gasteiger partial charge in [-0.2, -0.15) is 8.78 Å². The summed E-state index contributed by atoms with van der Waals surface area (Å²) in [6, 6.07) is 4.59. The van der Waals surface area contributed by atoms with Gasteiger partial charge in [0.05, 0.1) is 18.1 Å². The first-order valence-electron chi connectivity index (χ1n) is 7.27. The molecule has 0 saturated carbocycles. The summed E-state index contributed by atoms with van der Waals surface area (Å²) in [7, 11) is -4.83. The zero-order chi connectivity index (χ0) is 19.3. The molecule has 0 saturated heterocycles. The fraction of sp³-hybridized carbons (Fsp3) is 0.467. The van der Waals surface area contributed by atoms with Crippen molar-refractivity contribution in [3.63, 3.8) is 0 Å². The van der Waals surface area contributed by atoms with Gasteiger partial charge in [0.25, 0.3) is 5.69 Å². The van der Waals surface area contributed by atoms with Gasteiger partial charge in [-0.1, -0.05) is 5.92 Å². The first kappa shape index (κ1) is 21.2. The van der Waals surface area contributed by atoms with Crippen LogP contribution in [-0.4, -0.2) is 28.9 Å². The maximum Gasteiger partial charge on any atom is 0.412 e. The van der Waals surface area contributed by atoms with E-state index < -0.39 is 23.8 Å². The van der Waals surface area contributed by atoms with Gasteiger partial charge in [0, 0.05) is 12.1 Å². The average molecular weight is 377 g/mol. The predicted molar refractivity (Wildman–Crippen MR) is 86.2 cm³/mol. The Morgan fingerprint density at radius 1 is 1.20 bits per heavy atom. The summed E-state index contributed by atoms with van der Waals surface area (Å²) in [6.45, 7) is 3.34. The molecular formula is C15H18F2NO6P. The van der Waals surface area contributed by atoms with Crippen LogP contribution < -0.4 is 0 Å². The van der Waals surface area contributed by atoms with Crippen LogP contribution in [0.1, 0.15) is 26.3 Å². The van der Waals surface area contributed by atoms with Crippen molar-refractivity contribution in [3.05, 3.63) is 39.9 Å². The summed E-state index contributed by atoms with van der Waals surface area (Å²) in [5, 5.41) is 20.9. The number of nitro groups is 1. The highest BCUT2D eigenvalue weighted by Crippen LogP contribution is 2.61. The fourth-order valence-corrected chi connectivity index (χ4v) is 3.06. The molecule has 0 radical (unpaired) electrons. The number of benzene rings is 1. The van der Waals surface area contributed by atoms with E-state index in [4.69, 9.17) is 0 Å². The highest BCUT2D eigenvalue weighted by molar-refractivity contribution is 7.55. The molecule has 1 N–H and O–H groups in total. The van der Waals surface area contributed by atoms with E-state index in [-0.39, 0.29) is 24.5 Å². The minimum absolute atomic E-state index is 0.0593. The largest absolute Gasteiger partial charge is 0.412 e. The Morgan fingerprint density at radius 3 is 2.08 bits per heavy atom. The third kappa shape index (κ3) is 5.06. The summed E-state index contributed by atoms with van der Waals surface area (Å²) >= 11 is 0. The third-order valence-electron chi connectivity index (χ3n) is 3.04. The number of nitro benzene ring substituents is 1. The molecule has 0 aromatic heterocycles. The van der Waals surface area contributed by atoms with Gasteiger partial charge >= 0.3 is 13.3 Å². The van der Waals surface area contributed by atoms with Crippen molar-refractivity contribution in [3.8, 4) is 11.8 Å². The van der Waals surface area contributed by atoms with Crippen molar-refractivity contribution < 1.29 is 32.4 Å². The van der Waals surface area contributed by atoms with Crippen LogP contribution in [0, 0.1) is 22.0 Å². The number of aliphatic hydroxyl groups is 1. The molecule has 0 aliphatic heterocycles. The van der Waals surface area contributed by atoms with Gasteiger partial charge in [0.1, 0.15) is 5.60 Å². The first-order chi connectivity index (χ1) is 11.5. The molecule has 7 nitrogen and oxygen atoms in total. The Morgan fingerprint density at radius 2 is 1.68 bits per heavy atom. The molecule has 0 spiro atoms. The van der Waals surface area contributed by atoms with E-state index in [1.807, 2.05) is 5.92 Å². The molecule has 0 fully saturated rings.